The van der Waals surface area contributed by atoms with Crippen LogP contribution in [0.1, 0.15) is 18.4 Å². The molecule has 0 saturated carbocycles. The van der Waals surface area contributed by atoms with Gasteiger partial charge in [0.25, 0.3) is 5.69 Å². The highest BCUT2D eigenvalue weighted by atomic mass is 16.6. The van der Waals surface area contributed by atoms with Crippen molar-refractivity contribution in [3.05, 3.63) is 58.1 Å². The molecule has 2 N–H and O–H groups in total. The highest BCUT2D eigenvalue weighted by Gasteiger charge is 2.32. The molecule has 9 heteroatoms. The average Bonchev–Trinajstić information content (AvgIpc) is 3.18. The van der Waals surface area contributed by atoms with Crippen molar-refractivity contribution in [2.75, 3.05) is 30.8 Å². The molecule has 1 aliphatic rings. The quantitative estimate of drug-likeness (QED) is 0.534. The second-order valence-electron chi connectivity index (χ2n) is 7.15. The number of benzene rings is 2. The number of ether oxygens (including phenoxy) is 1. The molecule has 1 saturated heterocycles. The van der Waals surface area contributed by atoms with Crippen molar-refractivity contribution < 1.29 is 19.2 Å². The zero-order valence-corrected chi connectivity index (χ0v) is 16.9. The maximum absolute atomic E-state index is 12.7. The number of nitrogens with one attached hydrogen (secondary N) is 2. The van der Waals surface area contributed by atoms with Crippen LogP contribution >= 0.6 is 0 Å². The van der Waals surface area contributed by atoms with Crippen molar-refractivity contribution >= 4 is 28.9 Å². The van der Waals surface area contributed by atoms with Gasteiger partial charge in [-0.2, -0.15) is 0 Å². The van der Waals surface area contributed by atoms with Crippen LogP contribution in [-0.2, 0) is 9.59 Å². The van der Waals surface area contributed by atoms with Gasteiger partial charge in [-0.15, -0.1) is 0 Å². The molecule has 3 rings (SSSR count). The Balaban J connectivity index is 1.59. The Bertz CT molecular complexity index is 945. The zero-order chi connectivity index (χ0) is 21.7. The average molecular weight is 412 g/mol. The fourth-order valence-electron chi connectivity index (χ4n) is 3.48. The molecule has 1 heterocycles. The molecule has 1 fully saturated rings. The Morgan fingerprint density at radius 1 is 1.17 bits per heavy atom. The van der Waals surface area contributed by atoms with Crippen LogP contribution in [0, 0.1) is 17.0 Å². The number of anilines is 2. The third-order valence-corrected chi connectivity index (χ3v) is 5.06. The molecule has 1 aliphatic heterocycles. The summed E-state index contributed by atoms with van der Waals surface area (Å²) < 4.78 is 5.11. The summed E-state index contributed by atoms with van der Waals surface area (Å²) in [5.74, 6) is 0.206. The maximum Gasteiger partial charge on any atom is 0.274 e. The van der Waals surface area contributed by atoms with E-state index in [9.17, 15) is 19.7 Å². The Hall–Kier alpha value is -3.46. The first-order valence-corrected chi connectivity index (χ1v) is 9.61. The first-order valence-electron chi connectivity index (χ1n) is 9.61. The molecular weight excluding hydrogens is 388 g/mol. The van der Waals surface area contributed by atoms with Crippen LogP contribution in [0.4, 0.5) is 17.1 Å². The maximum atomic E-state index is 12.7. The molecule has 158 valence electrons. The van der Waals surface area contributed by atoms with Gasteiger partial charge in [-0.05, 0) is 56.6 Å². The van der Waals surface area contributed by atoms with Crippen LogP contribution in [-0.4, -0.2) is 47.9 Å². The van der Waals surface area contributed by atoms with Crippen LogP contribution in [0.15, 0.2) is 42.5 Å². The standard InChI is InChI=1S/C21H24N4O5/c1-14-5-6-16(12-19(14)25(28)29)22-20(26)13-24-11-3-4-18(24)21(27)23-15-7-9-17(30-2)10-8-15/h5-10,12,18H,3-4,11,13H2,1-2H3,(H,22,26)(H,23,27). The minimum absolute atomic E-state index is 0.0301. The van der Waals surface area contributed by atoms with Gasteiger partial charge in [-0.25, -0.2) is 0 Å². The number of nitro benzene ring substituents is 1. The molecule has 2 aromatic rings. The lowest BCUT2D eigenvalue weighted by Gasteiger charge is -2.23. The smallest absolute Gasteiger partial charge is 0.274 e. The summed E-state index contributed by atoms with van der Waals surface area (Å²) in [6.45, 7) is 2.30. The number of nitro groups is 1. The minimum atomic E-state index is -0.481. The molecule has 1 atom stereocenters. The number of carbonyl (C=O) groups excluding carboxylic acids is 2. The molecule has 9 nitrogen and oxygen atoms in total. The molecule has 0 aromatic heterocycles. The summed E-state index contributed by atoms with van der Waals surface area (Å²) in [6.07, 6.45) is 1.47. The van der Waals surface area contributed by atoms with E-state index in [-0.39, 0.29) is 24.0 Å². The summed E-state index contributed by atoms with van der Waals surface area (Å²) >= 11 is 0. The van der Waals surface area contributed by atoms with Crippen molar-refractivity contribution in [2.24, 2.45) is 0 Å². The summed E-state index contributed by atoms with van der Waals surface area (Å²) in [6, 6.07) is 11.2. The van der Waals surface area contributed by atoms with E-state index in [2.05, 4.69) is 10.6 Å². The van der Waals surface area contributed by atoms with Crippen LogP contribution < -0.4 is 15.4 Å². The van der Waals surface area contributed by atoms with Crippen molar-refractivity contribution in [1.29, 1.82) is 0 Å². The Labute approximate surface area is 174 Å². The zero-order valence-electron chi connectivity index (χ0n) is 16.9. The molecular formula is C21H24N4O5. The number of hydrogen-bond acceptors (Lipinski definition) is 6. The van der Waals surface area contributed by atoms with E-state index in [1.165, 1.54) is 6.07 Å². The molecule has 2 aromatic carbocycles. The van der Waals surface area contributed by atoms with Crippen molar-refractivity contribution in [2.45, 2.75) is 25.8 Å². The number of amides is 2. The number of aryl methyl sites for hydroxylation is 1. The van der Waals surface area contributed by atoms with Crippen LogP contribution in [0.5, 0.6) is 5.75 Å². The van der Waals surface area contributed by atoms with Gasteiger partial charge < -0.3 is 15.4 Å². The summed E-state index contributed by atoms with van der Waals surface area (Å²) in [5.41, 5.74) is 1.48. The van der Waals surface area contributed by atoms with Gasteiger partial charge in [-0.1, -0.05) is 6.07 Å². The number of hydrogen-bond donors (Lipinski definition) is 2. The normalized spacial score (nSPS) is 16.1. The summed E-state index contributed by atoms with van der Waals surface area (Å²) in [5, 5.41) is 16.6. The number of likely N-dealkylation sites (tertiary alicyclic amines) is 1. The lowest BCUT2D eigenvalue weighted by Crippen LogP contribution is -2.43. The molecule has 0 aliphatic carbocycles. The topological polar surface area (TPSA) is 114 Å². The lowest BCUT2D eigenvalue weighted by atomic mass is 10.2. The number of methoxy groups -OCH3 is 1. The van der Waals surface area contributed by atoms with Crippen LogP contribution in [0.25, 0.3) is 0 Å². The summed E-state index contributed by atoms with van der Waals surface area (Å²) in [7, 11) is 1.57. The van der Waals surface area contributed by atoms with Crippen molar-refractivity contribution in [3.8, 4) is 5.75 Å². The van der Waals surface area contributed by atoms with E-state index in [0.717, 1.165) is 6.42 Å². The predicted octanol–water partition coefficient (Wildman–Crippen LogP) is 2.95. The largest absolute Gasteiger partial charge is 0.497 e. The highest BCUT2D eigenvalue weighted by molar-refractivity contribution is 5.96. The number of rotatable bonds is 7. The van der Waals surface area contributed by atoms with Crippen LogP contribution in [0.2, 0.25) is 0 Å². The lowest BCUT2D eigenvalue weighted by molar-refractivity contribution is -0.385. The van der Waals surface area contributed by atoms with E-state index in [1.807, 2.05) is 4.90 Å². The van der Waals surface area contributed by atoms with E-state index in [1.54, 1.807) is 50.4 Å². The molecule has 30 heavy (non-hydrogen) atoms. The van der Waals surface area contributed by atoms with E-state index in [0.29, 0.717) is 35.7 Å². The van der Waals surface area contributed by atoms with E-state index >= 15 is 0 Å². The van der Waals surface area contributed by atoms with E-state index < -0.39 is 11.0 Å². The second kappa shape index (κ2) is 9.36. The fraction of sp³-hybridized carbons (Fsp3) is 0.333. The Morgan fingerprint density at radius 2 is 1.87 bits per heavy atom. The number of nitrogens with zero attached hydrogens (tertiary/aromatic N) is 2. The molecule has 2 amide bonds. The molecule has 0 spiro atoms. The molecule has 1 unspecified atom stereocenters. The molecule has 0 bridgehead atoms. The van der Waals surface area contributed by atoms with Crippen LogP contribution in [0.3, 0.4) is 0 Å². The SMILES string of the molecule is COc1ccc(NC(=O)C2CCCN2CC(=O)Nc2ccc(C)c([N+](=O)[O-])c2)cc1. The van der Waals surface area contributed by atoms with E-state index in [4.69, 9.17) is 4.74 Å². The first-order chi connectivity index (χ1) is 14.4. The number of carbonyl (C=O) groups is 2. The van der Waals surface area contributed by atoms with Gasteiger partial charge in [-0.3, -0.25) is 24.6 Å². The Kier molecular flexibility index (Phi) is 6.63. The highest BCUT2D eigenvalue weighted by Crippen LogP contribution is 2.23. The minimum Gasteiger partial charge on any atom is -0.497 e. The van der Waals surface area contributed by atoms with Crippen molar-refractivity contribution in [1.82, 2.24) is 4.90 Å². The fourth-order valence-corrected chi connectivity index (χ4v) is 3.48. The van der Waals surface area contributed by atoms with Gasteiger partial charge in [0.1, 0.15) is 5.75 Å². The molecule has 0 radical (unpaired) electrons. The monoisotopic (exact) mass is 412 g/mol. The van der Waals surface area contributed by atoms with Gasteiger partial charge in [0.2, 0.25) is 11.8 Å². The summed E-state index contributed by atoms with van der Waals surface area (Å²) in [4.78, 5) is 37.6. The third kappa shape index (κ3) is 5.12. The van der Waals surface area contributed by atoms with Crippen molar-refractivity contribution in [3.63, 3.8) is 0 Å². The van der Waals surface area contributed by atoms with Gasteiger partial charge in [0, 0.05) is 23.0 Å². The van der Waals surface area contributed by atoms with Gasteiger partial charge in [0.05, 0.1) is 24.6 Å². The third-order valence-electron chi connectivity index (χ3n) is 5.06. The first kappa shape index (κ1) is 21.3. The second-order valence-corrected chi connectivity index (χ2v) is 7.15. The van der Waals surface area contributed by atoms with Gasteiger partial charge in [0.15, 0.2) is 0 Å². The predicted molar refractivity (Wildman–Crippen MR) is 113 cm³/mol. The Morgan fingerprint density at radius 3 is 2.53 bits per heavy atom. The van der Waals surface area contributed by atoms with Gasteiger partial charge >= 0.3 is 0 Å².